The lowest BCUT2D eigenvalue weighted by molar-refractivity contribution is -0.143. The highest BCUT2D eigenvalue weighted by Gasteiger charge is 2.63. The maximum Gasteiger partial charge on any atom is 0.257 e. The zero-order valence-electron chi connectivity index (χ0n) is 18.4. The molecule has 174 valence electrons. The Morgan fingerprint density at radius 1 is 1.27 bits per heavy atom. The smallest absolute Gasteiger partial charge is 0.257 e. The van der Waals surface area contributed by atoms with Crippen LogP contribution in [0.1, 0.15) is 46.3 Å². The first kappa shape index (κ1) is 21.7. The normalized spacial score (nSPS) is 35.2. The number of fused-ring (bicyclic) bond motifs is 1. The van der Waals surface area contributed by atoms with E-state index in [-0.39, 0.29) is 25.1 Å². The summed E-state index contributed by atoms with van der Waals surface area (Å²) in [5.41, 5.74) is -1.63. The van der Waals surface area contributed by atoms with Gasteiger partial charge in [0.2, 0.25) is 5.82 Å². The topological polar surface area (TPSA) is 82.4 Å². The molecule has 0 N–H and O–H groups in total. The molecular weight excluding hydrogens is 428 g/mol. The van der Waals surface area contributed by atoms with E-state index in [1.165, 1.54) is 12.2 Å². The minimum Gasteiger partial charge on any atom is -0.356 e. The number of nitriles is 1. The quantitative estimate of drug-likeness (QED) is 0.672. The van der Waals surface area contributed by atoms with E-state index in [4.69, 9.17) is 10.00 Å². The molecule has 0 aromatic carbocycles. The number of aromatic nitrogens is 2. The Labute approximate surface area is 192 Å². The van der Waals surface area contributed by atoms with Crippen molar-refractivity contribution in [3.05, 3.63) is 54.0 Å². The van der Waals surface area contributed by atoms with Crippen LogP contribution in [0.15, 0.2) is 48.2 Å². The molecule has 3 saturated heterocycles. The molecule has 3 fully saturated rings. The number of hydrogen-bond acceptors (Lipinski definition) is 6. The van der Waals surface area contributed by atoms with Gasteiger partial charge in [-0.25, -0.2) is 18.7 Å². The highest BCUT2D eigenvalue weighted by molar-refractivity contribution is 5.89. The average molecular weight is 456 g/mol. The third kappa shape index (κ3) is 3.72. The number of anilines is 1. The van der Waals surface area contributed by atoms with Crippen molar-refractivity contribution in [2.24, 2.45) is 5.92 Å². The van der Waals surface area contributed by atoms with Gasteiger partial charge >= 0.3 is 0 Å². The zero-order valence-corrected chi connectivity index (χ0v) is 18.4. The summed E-state index contributed by atoms with van der Waals surface area (Å²) in [5.74, 6) is -0.684. The average Bonchev–Trinajstić information content (AvgIpc) is 3.23. The molecule has 3 aliphatic heterocycles. The number of ether oxygens (including phenoxy) is 1. The van der Waals surface area contributed by atoms with Crippen LogP contribution < -0.4 is 4.90 Å². The van der Waals surface area contributed by atoms with Gasteiger partial charge in [-0.3, -0.25) is 4.79 Å². The first-order valence-corrected chi connectivity index (χ1v) is 11.3. The highest BCUT2D eigenvalue weighted by Crippen LogP contribution is 2.51. The van der Waals surface area contributed by atoms with Crippen molar-refractivity contribution >= 4 is 11.7 Å². The van der Waals surface area contributed by atoms with Gasteiger partial charge in [-0.1, -0.05) is 6.08 Å². The summed E-state index contributed by atoms with van der Waals surface area (Å²) in [7, 11) is 0. The minimum absolute atomic E-state index is 0. The Hall–Kier alpha value is -3.12. The Morgan fingerprint density at radius 3 is 2.82 bits per heavy atom. The first-order valence-electron chi connectivity index (χ1n) is 11.3. The number of allylic oxidation sites excluding steroid dienone is 5. The highest BCUT2D eigenvalue weighted by atomic mass is 19.1. The van der Waals surface area contributed by atoms with Crippen LogP contribution in [0.3, 0.4) is 0 Å². The molecule has 0 radical (unpaired) electrons. The van der Waals surface area contributed by atoms with E-state index in [0.717, 1.165) is 12.5 Å². The van der Waals surface area contributed by atoms with Gasteiger partial charge in [0.05, 0.1) is 0 Å². The Morgan fingerprint density at radius 2 is 2.06 bits per heavy atom. The number of rotatable bonds is 2. The molecule has 0 bridgehead atoms. The lowest BCUT2D eigenvalue weighted by Gasteiger charge is -2.38. The van der Waals surface area contributed by atoms with Gasteiger partial charge in [-0.15, -0.1) is 0 Å². The molecule has 1 aromatic heterocycles. The standard InChI is InChI=1S/C24H25F2N5O2.H2/c1-23-8-6-19(16-2-4-17(25)14-18(26)5-3-16)31(23)22(32)24(33-23)9-12-30(13-10-24)21-7-11-28-20(15-27)29-21;/h2,4-5,7,11,14,16,19H,3,6,8-10,12-13H2,1H3;1H/b4-2+,17-14+,18-5+;/t16?,19-,23+;/m0./s1. The third-order valence-corrected chi connectivity index (χ3v) is 7.26. The van der Waals surface area contributed by atoms with Crippen LogP contribution in [0.25, 0.3) is 0 Å². The largest absolute Gasteiger partial charge is 0.356 e. The van der Waals surface area contributed by atoms with Crippen molar-refractivity contribution in [2.45, 2.75) is 56.4 Å². The van der Waals surface area contributed by atoms with E-state index in [9.17, 15) is 13.6 Å². The van der Waals surface area contributed by atoms with Crippen LogP contribution in [0, 0.1) is 17.2 Å². The van der Waals surface area contributed by atoms with Gasteiger partial charge in [0.1, 0.15) is 29.3 Å². The monoisotopic (exact) mass is 455 g/mol. The summed E-state index contributed by atoms with van der Waals surface area (Å²) in [6.45, 7) is 3.07. The fraction of sp³-hybridized carbons (Fsp3) is 0.500. The fourth-order valence-electron chi connectivity index (χ4n) is 5.63. The van der Waals surface area contributed by atoms with Crippen molar-refractivity contribution in [3.63, 3.8) is 0 Å². The molecular formula is C24H27F2N5O2. The predicted octanol–water partition coefficient (Wildman–Crippen LogP) is 3.95. The van der Waals surface area contributed by atoms with Crippen LogP contribution in [0.2, 0.25) is 0 Å². The lowest BCUT2D eigenvalue weighted by atomic mass is 9.87. The second-order valence-electron chi connectivity index (χ2n) is 9.27. The Bertz CT molecular complexity index is 1110. The molecule has 5 rings (SSSR count). The van der Waals surface area contributed by atoms with E-state index in [2.05, 4.69) is 9.97 Å². The first-order chi connectivity index (χ1) is 15.8. The van der Waals surface area contributed by atoms with Gasteiger partial charge in [0.25, 0.3) is 5.91 Å². The molecule has 1 unspecified atom stereocenters. The number of amides is 1. The maximum atomic E-state index is 13.8. The molecule has 1 spiro atoms. The summed E-state index contributed by atoms with van der Waals surface area (Å²) in [6.07, 6.45) is 9.65. The van der Waals surface area contributed by atoms with Gasteiger partial charge in [-0.05, 0) is 44.4 Å². The van der Waals surface area contributed by atoms with Crippen LogP contribution in [-0.4, -0.2) is 51.2 Å². The van der Waals surface area contributed by atoms with Crippen LogP contribution in [0.4, 0.5) is 14.6 Å². The number of halogens is 2. The summed E-state index contributed by atoms with van der Waals surface area (Å²) in [5, 5.41) is 9.06. The number of hydrogen-bond donors (Lipinski definition) is 0. The van der Waals surface area contributed by atoms with Gasteiger partial charge in [0.15, 0.2) is 5.60 Å². The Balaban J connectivity index is 0.00000274. The zero-order chi connectivity index (χ0) is 23.2. The van der Waals surface area contributed by atoms with Crippen molar-refractivity contribution in [3.8, 4) is 6.07 Å². The predicted molar refractivity (Wildman–Crippen MR) is 118 cm³/mol. The van der Waals surface area contributed by atoms with Gasteiger partial charge in [-0.2, -0.15) is 5.26 Å². The SMILES string of the molecule is C[C@@]12CC[C@@H](C3/C=C/C(F)=C\C(F)=C/C3)N1C(=O)C1(CCN(c3ccnc(C#N)n3)CC1)O2.[HH]. The van der Waals surface area contributed by atoms with Crippen molar-refractivity contribution in [1.29, 1.82) is 5.26 Å². The second-order valence-corrected chi connectivity index (χ2v) is 9.27. The van der Waals surface area contributed by atoms with Crippen LogP contribution >= 0.6 is 0 Å². The van der Waals surface area contributed by atoms with Crippen LogP contribution in [0.5, 0.6) is 0 Å². The van der Waals surface area contributed by atoms with E-state index in [1.807, 2.05) is 22.8 Å². The third-order valence-electron chi connectivity index (χ3n) is 7.26. The van der Waals surface area contributed by atoms with Crippen LogP contribution in [-0.2, 0) is 9.53 Å². The van der Waals surface area contributed by atoms with Crippen molar-refractivity contribution < 1.29 is 19.7 Å². The van der Waals surface area contributed by atoms with E-state index < -0.39 is 23.0 Å². The van der Waals surface area contributed by atoms with Crippen molar-refractivity contribution in [2.75, 3.05) is 18.0 Å². The molecule has 1 amide bonds. The molecule has 7 nitrogen and oxygen atoms in total. The van der Waals surface area contributed by atoms with Crippen molar-refractivity contribution in [1.82, 2.24) is 14.9 Å². The molecule has 9 heteroatoms. The molecule has 1 aromatic rings. The molecule has 4 heterocycles. The molecule has 3 atom stereocenters. The summed E-state index contributed by atoms with van der Waals surface area (Å²) in [4.78, 5) is 25.8. The molecule has 4 aliphatic rings. The van der Waals surface area contributed by atoms with E-state index in [0.29, 0.717) is 44.6 Å². The second kappa shape index (κ2) is 8.03. The maximum absolute atomic E-state index is 13.8. The van der Waals surface area contributed by atoms with Gasteiger partial charge in [0, 0.05) is 51.6 Å². The lowest BCUT2D eigenvalue weighted by Crippen LogP contribution is -2.52. The molecule has 1 aliphatic carbocycles. The van der Waals surface area contributed by atoms with E-state index in [1.54, 1.807) is 18.3 Å². The summed E-state index contributed by atoms with van der Waals surface area (Å²) >= 11 is 0. The summed E-state index contributed by atoms with van der Waals surface area (Å²) < 4.78 is 34.2. The molecule has 33 heavy (non-hydrogen) atoms. The summed E-state index contributed by atoms with van der Waals surface area (Å²) in [6, 6.07) is 3.53. The number of nitrogens with zero attached hydrogens (tertiary/aromatic N) is 5. The number of carbonyl (C=O) groups excluding carboxylic acids is 1. The fourth-order valence-corrected chi connectivity index (χ4v) is 5.63. The Kier molecular flexibility index (Phi) is 5.28. The minimum atomic E-state index is -0.910. The number of carbonyl (C=O) groups is 1. The van der Waals surface area contributed by atoms with E-state index >= 15 is 0 Å². The molecule has 0 saturated carbocycles. The van der Waals surface area contributed by atoms with Gasteiger partial charge < -0.3 is 14.5 Å². The number of piperidine rings is 1.